The summed E-state index contributed by atoms with van der Waals surface area (Å²) in [7, 11) is 0.828. The van der Waals surface area contributed by atoms with E-state index >= 15 is 0 Å². The predicted molar refractivity (Wildman–Crippen MR) is 109 cm³/mol. The van der Waals surface area contributed by atoms with E-state index in [1.54, 1.807) is 31.5 Å². The molecule has 0 aliphatic carbocycles. The Hall–Kier alpha value is -2.27. The van der Waals surface area contributed by atoms with Crippen molar-refractivity contribution in [3.8, 4) is 0 Å². The van der Waals surface area contributed by atoms with Crippen molar-refractivity contribution in [2.45, 2.75) is 25.0 Å². The molecular weight excluding hydrogens is 398 g/mol. The van der Waals surface area contributed by atoms with Crippen molar-refractivity contribution >= 4 is 26.8 Å². The summed E-state index contributed by atoms with van der Waals surface area (Å²) in [6.45, 7) is 4.19. The fraction of sp³-hybridized carbons (Fsp3) is 0.474. The van der Waals surface area contributed by atoms with E-state index in [0.717, 1.165) is 0 Å². The van der Waals surface area contributed by atoms with E-state index < -0.39 is 27.6 Å². The number of aryl methyl sites for hydroxylation is 1. The van der Waals surface area contributed by atoms with Crippen LogP contribution in [0.4, 0.5) is 0 Å². The Bertz CT molecular complexity index is 1040. The van der Waals surface area contributed by atoms with Crippen LogP contribution in [0.15, 0.2) is 34.1 Å². The van der Waals surface area contributed by atoms with Crippen LogP contribution in [0.1, 0.15) is 24.2 Å². The van der Waals surface area contributed by atoms with Gasteiger partial charge in [0.25, 0.3) is 5.91 Å². The summed E-state index contributed by atoms with van der Waals surface area (Å²) in [5.41, 5.74) is -0.112. The van der Waals surface area contributed by atoms with Crippen LogP contribution in [0, 0.1) is 0 Å². The zero-order valence-electron chi connectivity index (χ0n) is 17.3. The summed E-state index contributed by atoms with van der Waals surface area (Å²) in [5.74, 6) is -0.594. The Morgan fingerprint density at radius 1 is 1.21 bits per heavy atom. The molecule has 29 heavy (non-hydrogen) atoms. The standard InChI is InChI=1S/C19H27N3O6S/c1-6-22(7-2)29(25,26)13-8-9-16-14(10-13)18(23)15(12-21(16)3)19(24)20-11-17(27-4)28-5/h8-10,12,17H,6-7,11H2,1-5H3,(H,20,24). The van der Waals surface area contributed by atoms with E-state index in [4.69, 9.17) is 9.47 Å². The zero-order valence-corrected chi connectivity index (χ0v) is 18.1. The van der Waals surface area contributed by atoms with Crippen molar-refractivity contribution in [2.75, 3.05) is 33.9 Å². The van der Waals surface area contributed by atoms with Crippen LogP contribution in [-0.4, -0.2) is 63.3 Å². The zero-order chi connectivity index (χ0) is 21.8. The van der Waals surface area contributed by atoms with Gasteiger partial charge in [0.15, 0.2) is 6.29 Å². The van der Waals surface area contributed by atoms with Crippen molar-refractivity contribution < 1.29 is 22.7 Å². The molecule has 0 fully saturated rings. The number of hydrogen-bond acceptors (Lipinski definition) is 6. The van der Waals surface area contributed by atoms with Crippen molar-refractivity contribution in [1.29, 1.82) is 0 Å². The molecule has 160 valence electrons. The summed E-state index contributed by atoms with van der Waals surface area (Å²) in [6, 6.07) is 4.37. The van der Waals surface area contributed by atoms with E-state index in [-0.39, 0.29) is 22.4 Å². The molecule has 1 aromatic heterocycles. The minimum Gasteiger partial charge on any atom is -0.354 e. The molecule has 2 aromatic rings. The van der Waals surface area contributed by atoms with Crippen molar-refractivity contribution in [3.63, 3.8) is 0 Å². The third-order valence-electron chi connectivity index (χ3n) is 4.70. The fourth-order valence-electron chi connectivity index (χ4n) is 3.04. The third kappa shape index (κ3) is 4.67. The number of nitrogens with one attached hydrogen (secondary N) is 1. The lowest BCUT2D eigenvalue weighted by Crippen LogP contribution is -2.36. The first-order chi connectivity index (χ1) is 13.7. The second-order valence-electron chi connectivity index (χ2n) is 6.36. The number of ether oxygens (including phenoxy) is 2. The highest BCUT2D eigenvalue weighted by atomic mass is 32.2. The monoisotopic (exact) mass is 425 g/mol. The number of benzene rings is 1. The van der Waals surface area contributed by atoms with Gasteiger partial charge in [-0.15, -0.1) is 0 Å². The molecule has 1 heterocycles. The molecule has 0 atom stereocenters. The molecule has 0 saturated carbocycles. The average molecular weight is 426 g/mol. The van der Waals surface area contributed by atoms with Crippen molar-refractivity contribution in [1.82, 2.24) is 14.2 Å². The number of carbonyl (C=O) groups excluding carboxylic acids is 1. The van der Waals surface area contributed by atoms with Crippen molar-refractivity contribution in [3.05, 3.63) is 40.2 Å². The average Bonchev–Trinajstić information content (AvgIpc) is 2.71. The number of rotatable bonds is 9. The lowest BCUT2D eigenvalue weighted by Gasteiger charge is -2.19. The lowest BCUT2D eigenvalue weighted by atomic mass is 10.1. The summed E-state index contributed by atoms with van der Waals surface area (Å²) in [6.07, 6.45) is 0.779. The van der Waals surface area contributed by atoms with Gasteiger partial charge in [-0.3, -0.25) is 9.59 Å². The molecule has 10 heteroatoms. The molecule has 0 spiro atoms. The minimum atomic E-state index is -3.73. The number of hydrogen-bond donors (Lipinski definition) is 1. The van der Waals surface area contributed by atoms with Gasteiger partial charge < -0.3 is 19.4 Å². The second kappa shape index (κ2) is 9.49. The molecule has 0 unspecified atom stereocenters. The predicted octanol–water partition coefficient (Wildman–Crippen LogP) is 0.918. The lowest BCUT2D eigenvalue weighted by molar-refractivity contribution is -0.0974. The summed E-state index contributed by atoms with van der Waals surface area (Å²) in [5, 5.41) is 2.74. The molecule has 1 aromatic carbocycles. The maximum absolute atomic E-state index is 12.9. The van der Waals surface area contributed by atoms with E-state index in [1.165, 1.54) is 36.9 Å². The first-order valence-corrected chi connectivity index (χ1v) is 10.6. The molecule has 0 saturated heterocycles. The van der Waals surface area contributed by atoms with E-state index in [2.05, 4.69) is 5.32 Å². The highest BCUT2D eigenvalue weighted by Gasteiger charge is 2.23. The molecule has 9 nitrogen and oxygen atoms in total. The molecule has 1 amide bonds. The quantitative estimate of drug-likeness (QED) is 0.599. The van der Waals surface area contributed by atoms with Gasteiger partial charge in [-0.05, 0) is 18.2 Å². The Morgan fingerprint density at radius 3 is 2.38 bits per heavy atom. The van der Waals surface area contributed by atoms with Gasteiger partial charge in [-0.1, -0.05) is 13.8 Å². The minimum absolute atomic E-state index is 0.0159. The van der Waals surface area contributed by atoms with E-state index in [9.17, 15) is 18.0 Å². The smallest absolute Gasteiger partial charge is 0.256 e. The largest absolute Gasteiger partial charge is 0.354 e. The van der Waals surface area contributed by atoms with Gasteiger partial charge in [-0.25, -0.2) is 8.42 Å². The van der Waals surface area contributed by atoms with Crippen LogP contribution in [0.25, 0.3) is 10.9 Å². The highest BCUT2D eigenvalue weighted by molar-refractivity contribution is 7.89. The van der Waals surface area contributed by atoms with Crippen LogP contribution in [0.2, 0.25) is 0 Å². The first kappa shape index (κ1) is 23.0. The number of methoxy groups -OCH3 is 2. The van der Waals surface area contributed by atoms with Crippen LogP contribution >= 0.6 is 0 Å². The topological polar surface area (TPSA) is 107 Å². The van der Waals surface area contributed by atoms with Gasteiger partial charge in [-0.2, -0.15) is 4.31 Å². The molecule has 0 bridgehead atoms. The normalized spacial score (nSPS) is 12.1. The number of nitrogens with zero attached hydrogens (tertiary/aromatic N) is 2. The van der Waals surface area contributed by atoms with Gasteiger partial charge in [0, 0.05) is 45.9 Å². The maximum Gasteiger partial charge on any atom is 0.256 e. The molecule has 2 rings (SSSR count). The number of aromatic nitrogens is 1. The molecule has 0 radical (unpaired) electrons. The summed E-state index contributed by atoms with van der Waals surface area (Å²) in [4.78, 5) is 25.5. The van der Waals surface area contributed by atoms with Gasteiger partial charge in [0.1, 0.15) is 5.56 Å². The Morgan fingerprint density at radius 2 is 1.83 bits per heavy atom. The second-order valence-corrected chi connectivity index (χ2v) is 8.30. The number of amides is 1. The number of sulfonamides is 1. The number of fused-ring (bicyclic) bond motifs is 1. The first-order valence-electron chi connectivity index (χ1n) is 9.18. The van der Waals surface area contributed by atoms with E-state index in [1.807, 2.05) is 0 Å². The fourth-order valence-corrected chi connectivity index (χ4v) is 4.53. The summed E-state index contributed by atoms with van der Waals surface area (Å²) >= 11 is 0. The SMILES string of the molecule is CCN(CC)S(=O)(=O)c1ccc2c(c1)c(=O)c(C(=O)NCC(OC)OC)cn2C. The Kier molecular flexibility index (Phi) is 7.53. The highest BCUT2D eigenvalue weighted by Crippen LogP contribution is 2.20. The van der Waals surface area contributed by atoms with Gasteiger partial charge in [0.05, 0.1) is 17.0 Å². The van der Waals surface area contributed by atoms with E-state index in [0.29, 0.717) is 18.6 Å². The van der Waals surface area contributed by atoms with Crippen LogP contribution in [0.3, 0.4) is 0 Å². The Balaban J connectivity index is 2.53. The molecule has 0 aliphatic rings. The van der Waals surface area contributed by atoms with Gasteiger partial charge >= 0.3 is 0 Å². The van der Waals surface area contributed by atoms with Crippen LogP contribution in [0.5, 0.6) is 0 Å². The number of pyridine rings is 1. The van der Waals surface area contributed by atoms with Crippen molar-refractivity contribution in [2.24, 2.45) is 7.05 Å². The summed E-state index contributed by atoms with van der Waals surface area (Å²) < 4.78 is 38.6. The van der Waals surface area contributed by atoms with Crippen LogP contribution in [-0.2, 0) is 26.5 Å². The molecular formula is C19H27N3O6S. The van der Waals surface area contributed by atoms with Crippen LogP contribution < -0.4 is 10.7 Å². The van der Waals surface area contributed by atoms with Gasteiger partial charge in [0.2, 0.25) is 15.5 Å². The number of carbonyl (C=O) groups is 1. The molecule has 1 N–H and O–H groups in total. The Labute approximate surface area is 170 Å². The maximum atomic E-state index is 12.9. The molecule has 0 aliphatic heterocycles. The third-order valence-corrected chi connectivity index (χ3v) is 6.75.